The van der Waals surface area contributed by atoms with Crippen molar-refractivity contribution in [2.24, 2.45) is 11.8 Å². The second-order valence-corrected chi connectivity index (χ2v) is 5.51. The maximum Gasteiger partial charge on any atom is 0.224 e. The van der Waals surface area contributed by atoms with Gasteiger partial charge in [-0.1, -0.05) is 19.8 Å². The fourth-order valence-electron chi connectivity index (χ4n) is 2.83. The van der Waals surface area contributed by atoms with E-state index in [0.29, 0.717) is 6.04 Å². The van der Waals surface area contributed by atoms with Crippen molar-refractivity contribution >= 4 is 5.91 Å². The molecule has 0 bridgehead atoms. The largest absolute Gasteiger partial charge is 0.353 e. The minimum Gasteiger partial charge on any atom is -0.353 e. The second kappa shape index (κ2) is 5.67. The van der Waals surface area contributed by atoms with Crippen LogP contribution in [0.25, 0.3) is 0 Å². The van der Waals surface area contributed by atoms with Gasteiger partial charge >= 0.3 is 0 Å². The molecule has 2 fully saturated rings. The molecule has 0 aromatic rings. The first-order chi connectivity index (χ1) is 7.75. The molecule has 1 aliphatic carbocycles. The number of amides is 1. The van der Waals surface area contributed by atoms with Crippen LogP contribution < -0.4 is 10.6 Å². The van der Waals surface area contributed by atoms with Crippen molar-refractivity contribution in [3.63, 3.8) is 0 Å². The highest BCUT2D eigenvalue weighted by Crippen LogP contribution is 2.23. The normalized spacial score (nSPS) is 35.7. The minimum atomic E-state index is 0.223. The average molecular weight is 224 g/mol. The van der Waals surface area contributed by atoms with E-state index in [1.165, 1.54) is 32.1 Å². The van der Waals surface area contributed by atoms with Crippen molar-refractivity contribution in [2.45, 2.75) is 51.5 Å². The first kappa shape index (κ1) is 11.9. The lowest BCUT2D eigenvalue weighted by molar-refractivity contribution is -0.125. The number of hydrogen-bond acceptors (Lipinski definition) is 2. The second-order valence-electron chi connectivity index (χ2n) is 5.51. The average Bonchev–Trinajstić information content (AvgIpc) is 2.72. The van der Waals surface area contributed by atoms with Crippen LogP contribution in [0.1, 0.15) is 45.4 Å². The summed E-state index contributed by atoms with van der Waals surface area (Å²) in [5, 5.41) is 6.49. The van der Waals surface area contributed by atoms with E-state index in [1.807, 2.05) is 0 Å². The van der Waals surface area contributed by atoms with Gasteiger partial charge in [0.25, 0.3) is 0 Å². The van der Waals surface area contributed by atoms with Gasteiger partial charge in [-0.3, -0.25) is 4.79 Å². The van der Waals surface area contributed by atoms with E-state index < -0.39 is 0 Å². The maximum absolute atomic E-state index is 12.0. The predicted octanol–water partition coefficient (Wildman–Crippen LogP) is 1.68. The Morgan fingerprint density at radius 1 is 1.19 bits per heavy atom. The van der Waals surface area contributed by atoms with Crippen LogP contribution in [0.3, 0.4) is 0 Å². The first-order valence-corrected chi connectivity index (χ1v) is 6.77. The highest BCUT2D eigenvalue weighted by atomic mass is 16.2. The summed E-state index contributed by atoms with van der Waals surface area (Å²) in [5.41, 5.74) is 0. The Labute approximate surface area is 98.4 Å². The summed E-state index contributed by atoms with van der Waals surface area (Å²) in [6, 6.07) is 0.443. The number of rotatable bonds is 2. The van der Waals surface area contributed by atoms with E-state index >= 15 is 0 Å². The quantitative estimate of drug-likeness (QED) is 0.701. The van der Waals surface area contributed by atoms with Gasteiger partial charge in [0.15, 0.2) is 0 Å². The molecule has 0 aromatic heterocycles. The van der Waals surface area contributed by atoms with Crippen molar-refractivity contribution in [1.82, 2.24) is 10.6 Å². The lowest BCUT2D eigenvalue weighted by Crippen LogP contribution is -2.39. The Kier molecular flexibility index (Phi) is 4.22. The summed E-state index contributed by atoms with van der Waals surface area (Å²) in [7, 11) is 0. The number of carbonyl (C=O) groups excluding carboxylic acids is 1. The summed E-state index contributed by atoms with van der Waals surface area (Å²) < 4.78 is 0. The molecule has 1 saturated carbocycles. The third-order valence-electron chi connectivity index (χ3n) is 4.03. The molecule has 92 valence electrons. The van der Waals surface area contributed by atoms with Crippen LogP contribution in [-0.4, -0.2) is 25.0 Å². The van der Waals surface area contributed by atoms with Gasteiger partial charge in [0.2, 0.25) is 5.91 Å². The maximum atomic E-state index is 12.0. The van der Waals surface area contributed by atoms with E-state index in [-0.39, 0.29) is 11.8 Å². The molecule has 0 aromatic carbocycles. The molecule has 1 aliphatic heterocycles. The van der Waals surface area contributed by atoms with E-state index in [9.17, 15) is 4.79 Å². The van der Waals surface area contributed by atoms with Crippen LogP contribution in [0.2, 0.25) is 0 Å². The summed E-state index contributed by atoms with van der Waals surface area (Å²) >= 11 is 0. The van der Waals surface area contributed by atoms with E-state index in [4.69, 9.17) is 0 Å². The zero-order valence-corrected chi connectivity index (χ0v) is 10.3. The van der Waals surface area contributed by atoms with Gasteiger partial charge in [-0.05, 0) is 38.1 Å². The zero-order valence-electron chi connectivity index (χ0n) is 10.3. The van der Waals surface area contributed by atoms with Gasteiger partial charge in [-0.2, -0.15) is 0 Å². The fourth-order valence-corrected chi connectivity index (χ4v) is 2.83. The highest BCUT2D eigenvalue weighted by Gasteiger charge is 2.25. The Hall–Kier alpha value is -0.570. The van der Waals surface area contributed by atoms with Crippen molar-refractivity contribution in [3.8, 4) is 0 Å². The molecule has 2 aliphatic rings. The van der Waals surface area contributed by atoms with Crippen LogP contribution in [0, 0.1) is 11.8 Å². The van der Waals surface area contributed by atoms with E-state index in [1.54, 1.807) is 0 Å². The number of carbonyl (C=O) groups is 1. The molecular weight excluding hydrogens is 200 g/mol. The molecule has 2 rings (SSSR count). The minimum absolute atomic E-state index is 0.223. The standard InChI is InChI=1S/C13H24N2O/c1-10-3-2-4-12(6-5-10)15-13(16)11-7-8-14-9-11/h10-12,14H,2-9H2,1H3,(H,15,16). The Morgan fingerprint density at radius 2 is 2.06 bits per heavy atom. The van der Waals surface area contributed by atoms with Crippen LogP contribution in [0.4, 0.5) is 0 Å². The van der Waals surface area contributed by atoms with Gasteiger partial charge in [-0.15, -0.1) is 0 Å². The molecule has 1 amide bonds. The highest BCUT2D eigenvalue weighted by molar-refractivity contribution is 5.79. The Morgan fingerprint density at radius 3 is 2.81 bits per heavy atom. The molecule has 1 heterocycles. The summed E-state index contributed by atoms with van der Waals surface area (Å²) in [5.74, 6) is 1.35. The first-order valence-electron chi connectivity index (χ1n) is 6.77. The zero-order chi connectivity index (χ0) is 11.4. The monoisotopic (exact) mass is 224 g/mol. The molecule has 0 radical (unpaired) electrons. The predicted molar refractivity (Wildman–Crippen MR) is 65.2 cm³/mol. The molecule has 3 unspecified atom stereocenters. The molecule has 2 N–H and O–H groups in total. The smallest absolute Gasteiger partial charge is 0.224 e. The summed E-state index contributed by atoms with van der Waals surface area (Å²) in [6.07, 6.45) is 7.23. The summed E-state index contributed by atoms with van der Waals surface area (Å²) in [6.45, 7) is 4.19. The molecular formula is C13H24N2O. The lowest BCUT2D eigenvalue weighted by atomic mass is 10.0. The van der Waals surface area contributed by atoms with Crippen molar-refractivity contribution in [1.29, 1.82) is 0 Å². The summed E-state index contributed by atoms with van der Waals surface area (Å²) in [4.78, 5) is 12.0. The third kappa shape index (κ3) is 3.21. The van der Waals surface area contributed by atoms with Gasteiger partial charge < -0.3 is 10.6 Å². The van der Waals surface area contributed by atoms with E-state index in [0.717, 1.165) is 25.4 Å². The topological polar surface area (TPSA) is 41.1 Å². The van der Waals surface area contributed by atoms with Gasteiger partial charge in [0.05, 0.1) is 5.92 Å². The van der Waals surface area contributed by atoms with Gasteiger partial charge in [0.1, 0.15) is 0 Å². The van der Waals surface area contributed by atoms with Crippen LogP contribution in [0.15, 0.2) is 0 Å². The van der Waals surface area contributed by atoms with Crippen LogP contribution in [-0.2, 0) is 4.79 Å². The molecule has 0 spiro atoms. The van der Waals surface area contributed by atoms with Crippen LogP contribution >= 0.6 is 0 Å². The SMILES string of the molecule is CC1CCCC(NC(=O)C2CCNC2)CC1. The molecule has 3 heteroatoms. The van der Waals surface area contributed by atoms with Crippen LogP contribution in [0.5, 0.6) is 0 Å². The number of hydrogen-bond donors (Lipinski definition) is 2. The fraction of sp³-hybridized carbons (Fsp3) is 0.923. The van der Waals surface area contributed by atoms with Crippen molar-refractivity contribution in [2.75, 3.05) is 13.1 Å². The van der Waals surface area contributed by atoms with Gasteiger partial charge in [-0.25, -0.2) is 0 Å². The van der Waals surface area contributed by atoms with Crippen molar-refractivity contribution < 1.29 is 4.79 Å². The third-order valence-corrected chi connectivity index (χ3v) is 4.03. The number of nitrogens with one attached hydrogen (secondary N) is 2. The lowest BCUT2D eigenvalue weighted by Gasteiger charge is -2.18. The Bertz CT molecular complexity index is 236. The van der Waals surface area contributed by atoms with Gasteiger partial charge in [0, 0.05) is 12.6 Å². The Balaban J connectivity index is 1.77. The molecule has 3 atom stereocenters. The molecule has 1 saturated heterocycles. The molecule has 3 nitrogen and oxygen atoms in total. The van der Waals surface area contributed by atoms with Crippen molar-refractivity contribution in [3.05, 3.63) is 0 Å². The molecule has 16 heavy (non-hydrogen) atoms. The van der Waals surface area contributed by atoms with E-state index in [2.05, 4.69) is 17.6 Å².